The summed E-state index contributed by atoms with van der Waals surface area (Å²) in [4.78, 5) is 15.1. The minimum absolute atomic E-state index is 0.108. The Labute approximate surface area is 171 Å². The number of amides is 1. The van der Waals surface area contributed by atoms with Crippen LogP contribution in [0.1, 0.15) is 51.4 Å². The number of nitrogens with one attached hydrogen (secondary N) is 1. The van der Waals surface area contributed by atoms with Crippen molar-refractivity contribution in [2.45, 2.75) is 38.3 Å². The molecule has 1 amide bonds. The number of carbonyl (C=O) groups excluding carboxylic acids is 1. The molecule has 0 radical (unpaired) electrons. The summed E-state index contributed by atoms with van der Waals surface area (Å²) in [5.41, 5.74) is 10.9. The number of benzene rings is 2. The van der Waals surface area contributed by atoms with Gasteiger partial charge in [0.25, 0.3) is 5.91 Å². The third-order valence-electron chi connectivity index (χ3n) is 6.25. The highest BCUT2D eigenvalue weighted by atomic mass is 16.4. The molecule has 2 aromatic carbocycles. The van der Waals surface area contributed by atoms with Gasteiger partial charge in [-0.1, -0.05) is 30.3 Å². The van der Waals surface area contributed by atoms with E-state index in [2.05, 4.69) is 17.4 Å². The molecule has 2 heterocycles. The predicted octanol–water partition coefficient (Wildman–Crippen LogP) is 0.491. The van der Waals surface area contributed by atoms with Crippen molar-refractivity contribution in [3.05, 3.63) is 64.2 Å². The molecule has 6 nitrogen and oxygen atoms in total. The van der Waals surface area contributed by atoms with Gasteiger partial charge in [0.1, 0.15) is 0 Å². The third kappa shape index (κ3) is 4.09. The molecular formula is C22H28BN3O3. The first-order valence-electron chi connectivity index (χ1n) is 10.4. The molecule has 2 aliphatic heterocycles. The highest BCUT2D eigenvalue weighted by molar-refractivity contribution is 6.61. The van der Waals surface area contributed by atoms with E-state index in [9.17, 15) is 14.8 Å². The van der Waals surface area contributed by atoms with Crippen LogP contribution in [0.15, 0.2) is 36.4 Å². The zero-order chi connectivity index (χ0) is 20.4. The Kier molecular flexibility index (Phi) is 6.01. The molecule has 0 atom stereocenters. The SMILES string of the molecule is NCc1cccc(C2CCN(C(=O)c3ccc4c(c3B(O)O)CCNC4)CC2)c1. The van der Waals surface area contributed by atoms with Crippen LogP contribution in [0, 0.1) is 0 Å². The van der Waals surface area contributed by atoms with Crippen LogP contribution in [0.25, 0.3) is 0 Å². The summed E-state index contributed by atoms with van der Waals surface area (Å²) in [6.45, 7) is 3.32. The van der Waals surface area contributed by atoms with E-state index < -0.39 is 7.12 Å². The highest BCUT2D eigenvalue weighted by Gasteiger charge is 2.31. The first-order valence-corrected chi connectivity index (χ1v) is 10.4. The van der Waals surface area contributed by atoms with Crippen LogP contribution < -0.4 is 16.5 Å². The quantitative estimate of drug-likeness (QED) is 0.567. The monoisotopic (exact) mass is 393 g/mol. The summed E-state index contributed by atoms with van der Waals surface area (Å²) >= 11 is 0. The average Bonchev–Trinajstić information content (AvgIpc) is 2.77. The fourth-order valence-corrected chi connectivity index (χ4v) is 4.65. The Hall–Kier alpha value is -2.19. The van der Waals surface area contributed by atoms with Crippen molar-refractivity contribution >= 4 is 18.5 Å². The minimum Gasteiger partial charge on any atom is -0.423 e. The van der Waals surface area contributed by atoms with E-state index in [0.29, 0.717) is 49.5 Å². The fourth-order valence-electron chi connectivity index (χ4n) is 4.65. The summed E-state index contributed by atoms with van der Waals surface area (Å²) in [7, 11) is -1.64. The fraction of sp³-hybridized carbons (Fsp3) is 0.409. The summed E-state index contributed by atoms with van der Waals surface area (Å²) in [6, 6.07) is 12.1. The lowest BCUT2D eigenvalue weighted by atomic mass is 9.71. The molecule has 0 saturated carbocycles. The third-order valence-corrected chi connectivity index (χ3v) is 6.25. The average molecular weight is 393 g/mol. The number of fused-ring (bicyclic) bond motifs is 1. The second kappa shape index (κ2) is 8.67. The van der Waals surface area contributed by atoms with Crippen LogP contribution in [0.3, 0.4) is 0 Å². The molecule has 0 bridgehead atoms. The molecule has 29 heavy (non-hydrogen) atoms. The van der Waals surface area contributed by atoms with E-state index in [-0.39, 0.29) is 5.91 Å². The maximum absolute atomic E-state index is 13.2. The Bertz CT molecular complexity index is 895. The number of piperidine rings is 1. The molecule has 2 aliphatic rings. The van der Waals surface area contributed by atoms with Crippen molar-refractivity contribution in [1.29, 1.82) is 0 Å². The highest BCUT2D eigenvalue weighted by Crippen LogP contribution is 2.29. The normalized spacial score (nSPS) is 17.1. The van der Waals surface area contributed by atoms with Gasteiger partial charge in [-0.15, -0.1) is 0 Å². The molecule has 0 spiro atoms. The van der Waals surface area contributed by atoms with Crippen molar-refractivity contribution in [2.24, 2.45) is 5.73 Å². The Balaban J connectivity index is 1.51. The molecule has 0 aliphatic carbocycles. The lowest BCUT2D eigenvalue weighted by Gasteiger charge is -2.33. The van der Waals surface area contributed by atoms with Crippen LogP contribution in [0.4, 0.5) is 0 Å². The first-order chi connectivity index (χ1) is 14.1. The summed E-state index contributed by atoms with van der Waals surface area (Å²) in [5, 5.41) is 23.3. The molecule has 2 aromatic rings. The van der Waals surface area contributed by atoms with E-state index >= 15 is 0 Å². The van der Waals surface area contributed by atoms with E-state index in [4.69, 9.17) is 5.73 Å². The standard InChI is InChI=1S/C22H28BN3O3/c24-13-15-2-1-3-17(12-15)16-7-10-26(11-8-16)22(27)20-5-4-18-14-25-9-6-19(18)21(20)23(28)29/h1-5,12,16,25,28-29H,6-11,13-14,24H2. The molecule has 4 rings (SSSR count). The van der Waals surface area contributed by atoms with E-state index in [1.54, 1.807) is 6.07 Å². The van der Waals surface area contributed by atoms with Gasteiger partial charge in [-0.25, -0.2) is 0 Å². The van der Waals surface area contributed by atoms with Crippen molar-refractivity contribution in [1.82, 2.24) is 10.2 Å². The lowest BCUT2D eigenvalue weighted by molar-refractivity contribution is 0.0713. The summed E-state index contributed by atoms with van der Waals surface area (Å²) < 4.78 is 0. The summed E-state index contributed by atoms with van der Waals surface area (Å²) in [5.74, 6) is 0.312. The number of hydrogen-bond donors (Lipinski definition) is 4. The largest absolute Gasteiger partial charge is 0.489 e. The smallest absolute Gasteiger partial charge is 0.423 e. The van der Waals surface area contributed by atoms with Gasteiger partial charge in [-0.3, -0.25) is 4.79 Å². The van der Waals surface area contributed by atoms with Crippen LogP contribution in [-0.4, -0.2) is 47.6 Å². The zero-order valence-electron chi connectivity index (χ0n) is 16.6. The number of nitrogens with zero attached hydrogens (tertiary/aromatic N) is 1. The van der Waals surface area contributed by atoms with Gasteiger partial charge in [0.05, 0.1) is 0 Å². The van der Waals surface area contributed by atoms with Gasteiger partial charge in [0.15, 0.2) is 0 Å². The Morgan fingerprint density at radius 2 is 2.00 bits per heavy atom. The number of hydrogen-bond acceptors (Lipinski definition) is 5. The van der Waals surface area contributed by atoms with Gasteiger partial charge in [0.2, 0.25) is 0 Å². The lowest BCUT2D eigenvalue weighted by Crippen LogP contribution is -2.46. The molecule has 1 fully saturated rings. The van der Waals surface area contributed by atoms with Gasteiger partial charge < -0.3 is 26.0 Å². The molecule has 0 unspecified atom stereocenters. The van der Waals surface area contributed by atoms with Crippen molar-refractivity contribution in [2.75, 3.05) is 19.6 Å². The molecule has 7 heteroatoms. The molecule has 5 N–H and O–H groups in total. The zero-order valence-corrected chi connectivity index (χ0v) is 16.6. The number of nitrogens with two attached hydrogens (primary N) is 1. The second-order valence-electron chi connectivity index (χ2n) is 7.98. The van der Waals surface area contributed by atoms with Gasteiger partial charge in [0, 0.05) is 31.7 Å². The molecule has 0 aromatic heterocycles. The van der Waals surface area contributed by atoms with Crippen molar-refractivity contribution in [3.8, 4) is 0 Å². The van der Waals surface area contributed by atoms with Crippen LogP contribution in [-0.2, 0) is 19.5 Å². The molecule has 152 valence electrons. The Morgan fingerprint density at radius 1 is 1.21 bits per heavy atom. The minimum atomic E-state index is -1.64. The van der Waals surface area contributed by atoms with Crippen molar-refractivity contribution < 1.29 is 14.8 Å². The van der Waals surface area contributed by atoms with Gasteiger partial charge >= 0.3 is 7.12 Å². The van der Waals surface area contributed by atoms with Gasteiger partial charge in [-0.2, -0.15) is 0 Å². The van der Waals surface area contributed by atoms with Crippen LogP contribution in [0.2, 0.25) is 0 Å². The first kappa shape index (κ1) is 20.1. The van der Waals surface area contributed by atoms with Crippen LogP contribution in [0.5, 0.6) is 0 Å². The molecular weight excluding hydrogens is 365 g/mol. The van der Waals surface area contributed by atoms with Gasteiger partial charge in [-0.05, 0) is 65.5 Å². The van der Waals surface area contributed by atoms with E-state index in [1.165, 1.54) is 5.56 Å². The number of likely N-dealkylation sites (tertiary alicyclic amines) is 1. The second-order valence-corrected chi connectivity index (χ2v) is 7.98. The number of carbonyl (C=O) groups is 1. The number of rotatable bonds is 4. The maximum atomic E-state index is 13.2. The maximum Gasteiger partial charge on any atom is 0.489 e. The molecule has 1 saturated heterocycles. The van der Waals surface area contributed by atoms with E-state index in [1.807, 2.05) is 23.1 Å². The van der Waals surface area contributed by atoms with Crippen LogP contribution >= 0.6 is 0 Å². The topological polar surface area (TPSA) is 98.8 Å². The Morgan fingerprint density at radius 3 is 2.72 bits per heavy atom. The van der Waals surface area contributed by atoms with Crippen molar-refractivity contribution in [3.63, 3.8) is 0 Å². The predicted molar refractivity (Wildman–Crippen MR) is 114 cm³/mol. The van der Waals surface area contributed by atoms with E-state index in [0.717, 1.165) is 36.1 Å². The summed E-state index contributed by atoms with van der Waals surface area (Å²) in [6.07, 6.45) is 2.49.